The van der Waals surface area contributed by atoms with Crippen LogP contribution in [0.4, 0.5) is 4.39 Å². The molecule has 0 atom stereocenters. The molecule has 0 unspecified atom stereocenters. The fraction of sp³-hybridized carbons (Fsp3) is 0.417. The minimum Gasteiger partial charge on any atom is -0.423 e. The van der Waals surface area contributed by atoms with Gasteiger partial charge in [0.25, 0.3) is 0 Å². The molecule has 1 heterocycles. The Morgan fingerprint density at radius 3 is 2.50 bits per heavy atom. The summed E-state index contributed by atoms with van der Waals surface area (Å²) in [5.41, 5.74) is 0.820. The van der Waals surface area contributed by atoms with Gasteiger partial charge in [0.15, 0.2) is 6.29 Å². The number of carbonyl (C=O) groups excluding carboxylic acids is 1. The molecule has 1 aliphatic rings. The summed E-state index contributed by atoms with van der Waals surface area (Å²) in [5, 5.41) is 8.80. The summed E-state index contributed by atoms with van der Waals surface area (Å²) < 4.78 is 31.3. The van der Waals surface area contributed by atoms with Crippen LogP contribution in [0.5, 0.6) is 5.75 Å². The first kappa shape index (κ1) is 21.9. The molecular weight excluding hydrogens is 385 g/mol. The van der Waals surface area contributed by atoms with Gasteiger partial charge in [0, 0.05) is 11.5 Å². The van der Waals surface area contributed by atoms with E-state index in [0.717, 1.165) is 18.9 Å². The molecule has 158 valence electrons. The Morgan fingerprint density at radius 2 is 1.87 bits per heavy atom. The molecule has 0 saturated carbocycles. The van der Waals surface area contributed by atoms with Crippen molar-refractivity contribution in [2.45, 2.75) is 45.3 Å². The second-order valence-corrected chi connectivity index (χ2v) is 7.48. The number of unbranched alkanes of at least 4 members (excludes halogenated alkanes) is 3. The third-order valence-electron chi connectivity index (χ3n) is 5.12. The van der Waals surface area contributed by atoms with E-state index in [4.69, 9.17) is 19.5 Å². The number of ether oxygens (including phenoxy) is 3. The first-order chi connectivity index (χ1) is 14.6. The Labute approximate surface area is 176 Å². The van der Waals surface area contributed by atoms with Crippen LogP contribution in [0.25, 0.3) is 0 Å². The number of nitriles is 1. The van der Waals surface area contributed by atoms with Gasteiger partial charge < -0.3 is 14.2 Å². The predicted octanol–water partition coefficient (Wildman–Crippen LogP) is 5.55. The topological polar surface area (TPSA) is 68.5 Å². The molecule has 2 aromatic carbocycles. The van der Waals surface area contributed by atoms with Crippen molar-refractivity contribution in [2.75, 3.05) is 13.2 Å². The maximum atomic E-state index is 14.6. The van der Waals surface area contributed by atoms with Crippen molar-refractivity contribution in [3.8, 4) is 11.8 Å². The average Bonchev–Trinajstić information content (AvgIpc) is 2.78. The Kier molecular flexibility index (Phi) is 7.95. The number of nitrogens with zero attached hydrogens (tertiary/aromatic N) is 1. The van der Waals surface area contributed by atoms with E-state index in [0.29, 0.717) is 24.7 Å². The molecule has 0 aliphatic carbocycles. The quantitative estimate of drug-likeness (QED) is 0.324. The molecule has 1 saturated heterocycles. The number of hydrogen-bond acceptors (Lipinski definition) is 5. The van der Waals surface area contributed by atoms with E-state index in [1.54, 1.807) is 12.1 Å². The highest BCUT2D eigenvalue weighted by Gasteiger charge is 2.26. The van der Waals surface area contributed by atoms with E-state index >= 15 is 0 Å². The van der Waals surface area contributed by atoms with Crippen molar-refractivity contribution in [1.29, 1.82) is 5.26 Å². The number of benzene rings is 2. The van der Waals surface area contributed by atoms with Crippen molar-refractivity contribution in [3.63, 3.8) is 0 Å². The summed E-state index contributed by atoms with van der Waals surface area (Å²) in [6.07, 6.45) is 5.10. The smallest absolute Gasteiger partial charge is 0.343 e. The van der Waals surface area contributed by atoms with Gasteiger partial charge in [-0.15, -0.1) is 0 Å². The number of halogens is 1. The van der Waals surface area contributed by atoms with Gasteiger partial charge in [-0.3, -0.25) is 0 Å². The minimum absolute atomic E-state index is 0.0882. The summed E-state index contributed by atoms with van der Waals surface area (Å²) >= 11 is 0. The molecule has 30 heavy (non-hydrogen) atoms. The van der Waals surface area contributed by atoms with E-state index in [-0.39, 0.29) is 16.9 Å². The van der Waals surface area contributed by atoms with Crippen molar-refractivity contribution < 1.29 is 23.4 Å². The molecule has 0 N–H and O–H groups in total. The third-order valence-corrected chi connectivity index (χ3v) is 5.12. The monoisotopic (exact) mass is 411 g/mol. The van der Waals surface area contributed by atoms with Gasteiger partial charge in [0.1, 0.15) is 11.6 Å². The molecule has 5 nitrogen and oxygen atoms in total. The lowest BCUT2D eigenvalue weighted by Gasteiger charge is -2.30. The first-order valence-corrected chi connectivity index (χ1v) is 10.4. The third kappa shape index (κ3) is 5.88. The zero-order chi connectivity index (χ0) is 21.3. The molecule has 0 spiro atoms. The molecule has 1 aliphatic heterocycles. The van der Waals surface area contributed by atoms with Crippen molar-refractivity contribution in [3.05, 3.63) is 65.0 Å². The van der Waals surface area contributed by atoms with Gasteiger partial charge in [-0.25, -0.2) is 9.18 Å². The molecule has 0 bridgehead atoms. The highest BCUT2D eigenvalue weighted by molar-refractivity contribution is 5.91. The van der Waals surface area contributed by atoms with E-state index in [1.807, 2.05) is 6.07 Å². The molecule has 0 amide bonds. The second-order valence-electron chi connectivity index (χ2n) is 7.48. The zero-order valence-corrected chi connectivity index (χ0v) is 17.1. The van der Waals surface area contributed by atoms with Crippen LogP contribution in [-0.2, 0) is 9.47 Å². The average molecular weight is 411 g/mol. The molecule has 0 aromatic heterocycles. The number of hydrogen-bond donors (Lipinski definition) is 0. The SMILES string of the molecule is CCCCCCC1COC(c2ccc(C(=O)Oc3ccc(C#N)cc3)cc2F)OC1. The summed E-state index contributed by atoms with van der Waals surface area (Å²) in [6.45, 7) is 3.27. The van der Waals surface area contributed by atoms with Gasteiger partial charge in [0.2, 0.25) is 0 Å². The van der Waals surface area contributed by atoms with Crippen molar-refractivity contribution in [2.24, 2.45) is 5.92 Å². The van der Waals surface area contributed by atoms with Crippen molar-refractivity contribution >= 4 is 5.97 Å². The molecule has 0 radical (unpaired) electrons. The van der Waals surface area contributed by atoms with Crippen LogP contribution < -0.4 is 4.74 Å². The van der Waals surface area contributed by atoms with Crippen molar-refractivity contribution in [1.82, 2.24) is 0 Å². The lowest BCUT2D eigenvalue weighted by molar-refractivity contribution is -0.207. The van der Waals surface area contributed by atoms with Crippen LogP contribution in [0.1, 0.15) is 66.8 Å². The normalized spacial score (nSPS) is 18.6. The van der Waals surface area contributed by atoms with Gasteiger partial charge in [0.05, 0.1) is 30.4 Å². The second kappa shape index (κ2) is 10.9. The standard InChI is InChI=1S/C24H26FNO4/c1-2-3-4-5-6-18-15-28-24(29-16-18)21-12-9-19(13-22(21)25)23(27)30-20-10-7-17(14-26)8-11-20/h7-13,18,24H,2-6,15-16H2,1H3. The lowest BCUT2D eigenvalue weighted by Crippen LogP contribution is -2.27. The molecule has 1 fully saturated rings. The summed E-state index contributed by atoms with van der Waals surface area (Å²) in [4.78, 5) is 12.3. The van der Waals surface area contributed by atoms with Crippen LogP contribution >= 0.6 is 0 Å². The van der Waals surface area contributed by atoms with Gasteiger partial charge >= 0.3 is 5.97 Å². The Bertz CT molecular complexity index is 883. The fourth-order valence-electron chi connectivity index (χ4n) is 3.36. The van der Waals surface area contributed by atoms with Crippen LogP contribution in [0.2, 0.25) is 0 Å². The van der Waals surface area contributed by atoms with Gasteiger partial charge in [-0.05, 0) is 42.8 Å². The fourth-order valence-corrected chi connectivity index (χ4v) is 3.36. The maximum absolute atomic E-state index is 14.6. The van der Waals surface area contributed by atoms with E-state index in [2.05, 4.69) is 6.92 Å². The molecular formula is C24H26FNO4. The maximum Gasteiger partial charge on any atom is 0.343 e. The van der Waals surface area contributed by atoms with Crippen LogP contribution in [0, 0.1) is 23.1 Å². The van der Waals surface area contributed by atoms with E-state index < -0.39 is 18.1 Å². The summed E-state index contributed by atoms with van der Waals surface area (Å²) in [6, 6.07) is 12.2. The molecule has 2 aromatic rings. The van der Waals surface area contributed by atoms with E-state index in [1.165, 1.54) is 43.5 Å². The number of carbonyl (C=O) groups is 1. The predicted molar refractivity (Wildman–Crippen MR) is 109 cm³/mol. The van der Waals surface area contributed by atoms with E-state index in [9.17, 15) is 9.18 Å². The highest BCUT2D eigenvalue weighted by Crippen LogP contribution is 2.29. The first-order valence-electron chi connectivity index (χ1n) is 10.4. The van der Waals surface area contributed by atoms with Crippen LogP contribution in [0.3, 0.4) is 0 Å². The highest BCUT2D eigenvalue weighted by atomic mass is 19.1. The van der Waals surface area contributed by atoms with Gasteiger partial charge in [-0.2, -0.15) is 5.26 Å². The molecule has 6 heteroatoms. The Balaban J connectivity index is 1.55. The molecule has 3 rings (SSSR count). The number of rotatable bonds is 8. The summed E-state index contributed by atoms with van der Waals surface area (Å²) in [7, 11) is 0. The van der Waals surface area contributed by atoms with Crippen LogP contribution in [-0.4, -0.2) is 19.2 Å². The largest absolute Gasteiger partial charge is 0.423 e. The zero-order valence-electron chi connectivity index (χ0n) is 17.1. The minimum atomic E-state index is -0.763. The van der Waals surface area contributed by atoms with Crippen LogP contribution in [0.15, 0.2) is 42.5 Å². The van der Waals surface area contributed by atoms with Gasteiger partial charge in [-0.1, -0.05) is 38.7 Å². The Morgan fingerprint density at radius 1 is 1.13 bits per heavy atom. The summed E-state index contributed by atoms with van der Waals surface area (Å²) in [5.74, 6) is -0.631. The Hall–Kier alpha value is -2.75. The lowest BCUT2D eigenvalue weighted by atomic mass is 10.0. The number of esters is 1.